The van der Waals surface area contributed by atoms with Crippen LogP contribution in [0.3, 0.4) is 0 Å². The van der Waals surface area contributed by atoms with Crippen molar-refractivity contribution in [2.24, 2.45) is 7.05 Å². The topological polar surface area (TPSA) is 29.9 Å². The monoisotopic (exact) mass is 323 g/mol. The van der Waals surface area contributed by atoms with Crippen LogP contribution in [0.2, 0.25) is 0 Å². The summed E-state index contributed by atoms with van der Waals surface area (Å²) in [5.41, 5.74) is 4.79. The van der Waals surface area contributed by atoms with Crippen LogP contribution in [0.15, 0.2) is 54.9 Å². The van der Waals surface area contributed by atoms with Crippen molar-refractivity contribution in [3.63, 3.8) is 0 Å². The molecule has 0 aliphatic heterocycles. The summed E-state index contributed by atoms with van der Waals surface area (Å²) in [4.78, 5) is 4.47. The molecule has 3 nitrogen and oxygen atoms in total. The first kappa shape index (κ1) is 16.4. The molecular formula is C20H22FN3. The molecule has 24 heavy (non-hydrogen) atoms. The predicted molar refractivity (Wildman–Crippen MR) is 94.2 cm³/mol. The van der Waals surface area contributed by atoms with Crippen LogP contribution in [0.5, 0.6) is 0 Å². The number of nitrogens with one attached hydrogen (secondary N) is 1. The molecule has 0 aliphatic rings. The molecule has 0 bridgehead atoms. The van der Waals surface area contributed by atoms with Gasteiger partial charge in [-0.1, -0.05) is 30.3 Å². The molecule has 4 heteroatoms. The molecular weight excluding hydrogens is 301 g/mol. The van der Waals surface area contributed by atoms with Crippen LogP contribution < -0.4 is 5.32 Å². The Morgan fingerprint density at radius 3 is 2.46 bits per heavy atom. The molecule has 1 N–H and O–H groups in total. The standard InChI is InChI=1S/C20H22FN3/c1-14-4-5-16(12-15(14)2)13-23-19(20-22-10-11-24(20)3)17-6-8-18(21)9-7-17/h4-12,19,23H,13H2,1-3H3/t19-/m1/s1. The van der Waals surface area contributed by atoms with Crippen molar-refractivity contribution in [3.05, 3.63) is 88.8 Å². The van der Waals surface area contributed by atoms with Crippen LogP contribution in [0.4, 0.5) is 4.39 Å². The van der Waals surface area contributed by atoms with E-state index in [9.17, 15) is 4.39 Å². The molecule has 1 aromatic heterocycles. The Kier molecular flexibility index (Phi) is 4.76. The van der Waals surface area contributed by atoms with Crippen molar-refractivity contribution < 1.29 is 4.39 Å². The third kappa shape index (κ3) is 3.54. The van der Waals surface area contributed by atoms with Crippen molar-refractivity contribution in [2.45, 2.75) is 26.4 Å². The number of nitrogens with zero attached hydrogens (tertiary/aromatic N) is 2. The summed E-state index contributed by atoms with van der Waals surface area (Å²) in [5, 5.41) is 3.56. The molecule has 3 rings (SSSR count). The Bertz CT molecular complexity index is 821. The van der Waals surface area contributed by atoms with Crippen molar-refractivity contribution in [2.75, 3.05) is 0 Å². The highest BCUT2D eigenvalue weighted by atomic mass is 19.1. The van der Waals surface area contributed by atoms with Crippen LogP contribution in [0.25, 0.3) is 0 Å². The van der Waals surface area contributed by atoms with Crippen LogP contribution in [-0.2, 0) is 13.6 Å². The minimum absolute atomic E-state index is 0.0905. The fourth-order valence-corrected chi connectivity index (χ4v) is 2.80. The van der Waals surface area contributed by atoms with Gasteiger partial charge < -0.3 is 4.57 Å². The molecule has 0 unspecified atom stereocenters. The highest BCUT2D eigenvalue weighted by Gasteiger charge is 2.18. The van der Waals surface area contributed by atoms with E-state index in [1.165, 1.54) is 28.8 Å². The first-order valence-electron chi connectivity index (χ1n) is 8.07. The average molecular weight is 323 g/mol. The number of hydrogen-bond donors (Lipinski definition) is 1. The van der Waals surface area contributed by atoms with Gasteiger partial charge >= 0.3 is 0 Å². The van der Waals surface area contributed by atoms with Crippen molar-refractivity contribution in [1.29, 1.82) is 0 Å². The Hall–Kier alpha value is -2.46. The Morgan fingerprint density at radius 2 is 1.83 bits per heavy atom. The van der Waals surface area contributed by atoms with Crippen molar-refractivity contribution >= 4 is 0 Å². The van der Waals surface area contributed by atoms with E-state index in [0.717, 1.165) is 17.9 Å². The Labute approximate surface area is 142 Å². The largest absolute Gasteiger partial charge is 0.336 e. The third-order valence-corrected chi connectivity index (χ3v) is 4.40. The predicted octanol–water partition coefficient (Wildman–Crippen LogP) is 4.06. The third-order valence-electron chi connectivity index (χ3n) is 4.40. The van der Waals surface area contributed by atoms with Gasteiger partial charge in [-0.15, -0.1) is 0 Å². The molecule has 0 spiro atoms. The number of hydrogen-bond acceptors (Lipinski definition) is 2. The number of aryl methyl sites for hydroxylation is 3. The summed E-state index contributed by atoms with van der Waals surface area (Å²) in [7, 11) is 1.97. The van der Waals surface area contributed by atoms with E-state index in [4.69, 9.17) is 0 Å². The van der Waals surface area contributed by atoms with Crippen LogP contribution in [0, 0.1) is 19.7 Å². The fraction of sp³-hybridized carbons (Fsp3) is 0.250. The summed E-state index contributed by atoms with van der Waals surface area (Å²) >= 11 is 0. The summed E-state index contributed by atoms with van der Waals surface area (Å²) in [6.07, 6.45) is 3.70. The molecule has 2 aromatic carbocycles. The lowest BCUT2D eigenvalue weighted by Crippen LogP contribution is -2.24. The summed E-state index contributed by atoms with van der Waals surface area (Å²) in [6.45, 7) is 4.95. The first-order chi connectivity index (χ1) is 11.5. The fourth-order valence-electron chi connectivity index (χ4n) is 2.80. The molecule has 124 valence electrons. The molecule has 3 aromatic rings. The van der Waals surface area contributed by atoms with Gasteiger partial charge in [0, 0.05) is 26.0 Å². The average Bonchev–Trinajstić information content (AvgIpc) is 2.99. The van der Waals surface area contributed by atoms with Gasteiger partial charge in [-0.2, -0.15) is 0 Å². The molecule has 0 radical (unpaired) electrons. The molecule has 0 aliphatic carbocycles. The molecule has 0 saturated heterocycles. The minimum atomic E-state index is -0.230. The van der Waals surface area contributed by atoms with E-state index in [1.807, 2.05) is 29.9 Å². The second-order valence-electron chi connectivity index (χ2n) is 6.18. The van der Waals surface area contributed by atoms with Gasteiger partial charge in [0.25, 0.3) is 0 Å². The number of imidazole rings is 1. The molecule has 1 heterocycles. The van der Waals surface area contributed by atoms with Crippen LogP contribution in [-0.4, -0.2) is 9.55 Å². The summed E-state index contributed by atoms with van der Waals surface area (Å²) in [6, 6.07) is 13.0. The van der Waals surface area contributed by atoms with Gasteiger partial charge in [0.1, 0.15) is 11.6 Å². The second-order valence-corrected chi connectivity index (χ2v) is 6.18. The maximum Gasteiger partial charge on any atom is 0.130 e. The quantitative estimate of drug-likeness (QED) is 0.767. The van der Waals surface area contributed by atoms with E-state index in [-0.39, 0.29) is 11.9 Å². The van der Waals surface area contributed by atoms with E-state index < -0.39 is 0 Å². The molecule has 0 saturated carbocycles. The van der Waals surface area contributed by atoms with E-state index >= 15 is 0 Å². The molecule has 1 atom stereocenters. The maximum atomic E-state index is 13.3. The van der Waals surface area contributed by atoms with Crippen LogP contribution in [0.1, 0.15) is 34.1 Å². The minimum Gasteiger partial charge on any atom is -0.336 e. The lowest BCUT2D eigenvalue weighted by atomic mass is 10.0. The van der Waals surface area contributed by atoms with Gasteiger partial charge in [0.2, 0.25) is 0 Å². The Morgan fingerprint density at radius 1 is 1.08 bits per heavy atom. The lowest BCUT2D eigenvalue weighted by molar-refractivity contribution is 0.555. The lowest BCUT2D eigenvalue weighted by Gasteiger charge is -2.19. The number of aromatic nitrogens is 2. The summed E-state index contributed by atoms with van der Waals surface area (Å²) < 4.78 is 15.3. The number of benzene rings is 2. The molecule has 0 amide bonds. The normalized spacial score (nSPS) is 12.3. The number of halogens is 1. The van der Waals surface area contributed by atoms with E-state index in [2.05, 4.69) is 42.3 Å². The second kappa shape index (κ2) is 6.97. The SMILES string of the molecule is Cc1ccc(CN[C@H](c2ccc(F)cc2)c2nccn2C)cc1C. The highest BCUT2D eigenvalue weighted by Crippen LogP contribution is 2.22. The zero-order valence-electron chi connectivity index (χ0n) is 14.3. The van der Waals surface area contributed by atoms with Gasteiger partial charge in [0.15, 0.2) is 0 Å². The van der Waals surface area contributed by atoms with Gasteiger partial charge in [-0.3, -0.25) is 5.32 Å². The zero-order chi connectivity index (χ0) is 17.1. The van der Waals surface area contributed by atoms with Crippen molar-refractivity contribution in [3.8, 4) is 0 Å². The molecule has 0 fully saturated rings. The van der Waals surface area contributed by atoms with E-state index in [0.29, 0.717) is 0 Å². The van der Waals surface area contributed by atoms with E-state index in [1.54, 1.807) is 6.20 Å². The smallest absolute Gasteiger partial charge is 0.130 e. The highest BCUT2D eigenvalue weighted by molar-refractivity contribution is 5.31. The Balaban J connectivity index is 1.86. The van der Waals surface area contributed by atoms with Crippen LogP contribution >= 0.6 is 0 Å². The zero-order valence-corrected chi connectivity index (χ0v) is 14.3. The summed E-state index contributed by atoms with van der Waals surface area (Å²) in [5.74, 6) is 0.678. The maximum absolute atomic E-state index is 13.3. The van der Waals surface area contributed by atoms with Crippen molar-refractivity contribution in [1.82, 2.24) is 14.9 Å². The van der Waals surface area contributed by atoms with Gasteiger partial charge in [-0.25, -0.2) is 9.37 Å². The number of rotatable bonds is 5. The van der Waals surface area contributed by atoms with Gasteiger partial charge in [0.05, 0.1) is 6.04 Å². The van der Waals surface area contributed by atoms with Gasteiger partial charge in [-0.05, 0) is 48.2 Å². The first-order valence-corrected chi connectivity index (χ1v) is 8.07.